The number of rotatable bonds is 2. The van der Waals surface area contributed by atoms with Gasteiger partial charge in [0.2, 0.25) is 5.88 Å². The molecule has 0 spiro atoms. The summed E-state index contributed by atoms with van der Waals surface area (Å²) < 4.78 is 10.8. The second-order valence-electron chi connectivity index (χ2n) is 4.92. The van der Waals surface area contributed by atoms with Gasteiger partial charge in [-0.15, -0.1) is 0 Å². The first-order chi connectivity index (χ1) is 8.93. The number of fused-ring (bicyclic) bond motifs is 1. The van der Waals surface area contributed by atoms with Crippen LogP contribution in [0.15, 0.2) is 9.21 Å². The van der Waals surface area contributed by atoms with E-state index in [2.05, 4.69) is 0 Å². The Balaban J connectivity index is 2.73. The number of amides is 1. The van der Waals surface area contributed by atoms with E-state index in [1.807, 2.05) is 0 Å². The van der Waals surface area contributed by atoms with Gasteiger partial charge in [-0.25, -0.2) is 4.79 Å². The van der Waals surface area contributed by atoms with Crippen LogP contribution in [-0.2, 0) is 6.42 Å². The maximum Gasteiger partial charge on any atom is 0.344 e. The molecule has 104 valence electrons. The van der Waals surface area contributed by atoms with Gasteiger partial charge in [0.15, 0.2) is 0 Å². The molecule has 1 aromatic heterocycles. The van der Waals surface area contributed by atoms with Crippen LogP contribution < -0.4 is 15.3 Å². The highest BCUT2D eigenvalue weighted by Crippen LogP contribution is 2.33. The first-order valence-corrected chi connectivity index (χ1v) is 6.15. The molecule has 1 aromatic rings. The average molecular weight is 266 g/mol. The third kappa shape index (κ3) is 2.30. The molecule has 0 bridgehead atoms. The zero-order chi connectivity index (χ0) is 14.2. The van der Waals surface area contributed by atoms with Crippen molar-refractivity contribution in [2.24, 2.45) is 0 Å². The molecule has 1 amide bonds. The van der Waals surface area contributed by atoms with E-state index < -0.39 is 5.63 Å². The van der Waals surface area contributed by atoms with Crippen molar-refractivity contribution in [1.82, 2.24) is 4.90 Å². The molecule has 6 nitrogen and oxygen atoms in total. The number of anilines is 1. The molecule has 2 rings (SSSR count). The Hall–Kier alpha value is -1.98. The molecule has 0 atom stereocenters. The van der Waals surface area contributed by atoms with E-state index in [4.69, 9.17) is 9.15 Å². The fraction of sp³-hybridized carbons (Fsp3) is 0.538. The predicted molar refractivity (Wildman–Crippen MR) is 71.1 cm³/mol. The van der Waals surface area contributed by atoms with Gasteiger partial charge in [-0.2, -0.15) is 0 Å². The number of ether oxygens (including phenoxy) is 1. The molecular formula is C13H18N2O4. The average Bonchev–Trinajstić information content (AvgIpc) is 2.37. The van der Waals surface area contributed by atoms with Crippen molar-refractivity contribution >= 4 is 11.8 Å². The third-order valence-corrected chi connectivity index (χ3v) is 2.99. The van der Waals surface area contributed by atoms with Crippen LogP contribution in [0.4, 0.5) is 5.88 Å². The molecule has 0 N–H and O–H groups in total. The lowest BCUT2D eigenvalue weighted by Gasteiger charge is -2.24. The Bertz CT molecular complexity index is 560. The number of nitrogens with zero attached hydrogens (tertiary/aromatic N) is 2. The standard InChI is InChI=1S/C13H18N2O4/c1-14(2)11(16)9-10-8(6-5-7-18-10)13(17)19-12(9)15(3)4/h5-7H2,1-4H3. The van der Waals surface area contributed by atoms with Gasteiger partial charge in [0.05, 0.1) is 12.2 Å². The quantitative estimate of drug-likeness (QED) is 0.789. The van der Waals surface area contributed by atoms with Crippen LogP contribution in [0.1, 0.15) is 22.3 Å². The minimum atomic E-state index is -0.422. The molecule has 0 fully saturated rings. The predicted octanol–water partition coefficient (Wildman–Crippen LogP) is 0.733. The van der Waals surface area contributed by atoms with E-state index in [0.717, 1.165) is 6.42 Å². The van der Waals surface area contributed by atoms with Crippen LogP contribution in [0.3, 0.4) is 0 Å². The van der Waals surface area contributed by atoms with Gasteiger partial charge in [0.1, 0.15) is 11.3 Å². The van der Waals surface area contributed by atoms with Crippen molar-refractivity contribution in [3.63, 3.8) is 0 Å². The maximum absolute atomic E-state index is 12.3. The normalized spacial score (nSPS) is 13.5. The lowest BCUT2D eigenvalue weighted by Crippen LogP contribution is -2.29. The highest BCUT2D eigenvalue weighted by molar-refractivity contribution is 6.01. The Kier molecular flexibility index (Phi) is 3.50. The Morgan fingerprint density at radius 1 is 1.21 bits per heavy atom. The van der Waals surface area contributed by atoms with Gasteiger partial charge in [-0.3, -0.25) is 4.79 Å². The SMILES string of the molecule is CN(C)C(=O)c1c(N(C)C)oc(=O)c2c1OCCC2. The minimum Gasteiger partial charge on any atom is -0.492 e. The van der Waals surface area contributed by atoms with E-state index >= 15 is 0 Å². The summed E-state index contributed by atoms with van der Waals surface area (Å²) >= 11 is 0. The van der Waals surface area contributed by atoms with Gasteiger partial charge in [0.25, 0.3) is 5.91 Å². The summed E-state index contributed by atoms with van der Waals surface area (Å²) in [4.78, 5) is 27.3. The van der Waals surface area contributed by atoms with E-state index in [1.54, 1.807) is 33.1 Å². The molecule has 0 saturated carbocycles. The topological polar surface area (TPSA) is 63.0 Å². The smallest absolute Gasteiger partial charge is 0.344 e. The number of hydrogen-bond donors (Lipinski definition) is 0. The van der Waals surface area contributed by atoms with Crippen molar-refractivity contribution in [3.8, 4) is 5.75 Å². The molecule has 6 heteroatoms. The largest absolute Gasteiger partial charge is 0.492 e. The van der Waals surface area contributed by atoms with Crippen LogP contribution in [0.2, 0.25) is 0 Å². The second kappa shape index (κ2) is 4.95. The van der Waals surface area contributed by atoms with Crippen molar-refractivity contribution in [2.75, 3.05) is 39.7 Å². The van der Waals surface area contributed by atoms with Crippen LogP contribution in [-0.4, -0.2) is 45.6 Å². The molecule has 0 aliphatic carbocycles. The molecule has 1 aliphatic heterocycles. The van der Waals surface area contributed by atoms with Crippen LogP contribution >= 0.6 is 0 Å². The molecule has 2 heterocycles. The van der Waals surface area contributed by atoms with Crippen molar-refractivity contribution in [2.45, 2.75) is 12.8 Å². The zero-order valence-corrected chi connectivity index (χ0v) is 11.6. The van der Waals surface area contributed by atoms with E-state index in [-0.39, 0.29) is 11.8 Å². The van der Waals surface area contributed by atoms with E-state index in [1.165, 1.54) is 4.90 Å². The first kappa shape index (κ1) is 13.5. The summed E-state index contributed by atoms with van der Waals surface area (Å²) in [5.41, 5.74) is 0.361. The number of carbonyl (C=O) groups is 1. The van der Waals surface area contributed by atoms with Crippen LogP contribution in [0, 0.1) is 0 Å². The van der Waals surface area contributed by atoms with Crippen molar-refractivity contribution in [1.29, 1.82) is 0 Å². The summed E-state index contributed by atoms with van der Waals surface area (Å²) in [5, 5.41) is 0. The molecule has 0 aromatic carbocycles. The third-order valence-electron chi connectivity index (χ3n) is 2.99. The maximum atomic E-state index is 12.3. The number of hydrogen-bond acceptors (Lipinski definition) is 5. The Labute approximate surface area is 111 Å². The highest BCUT2D eigenvalue weighted by atomic mass is 16.5. The van der Waals surface area contributed by atoms with Crippen molar-refractivity contribution in [3.05, 3.63) is 21.5 Å². The zero-order valence-electron chi connectivity index (χ0n) is 11.6. The fourth-order valence-electron chi connectivity index (χ4n) is 2.07. The monoisotopic (exact) mass is 266 g/mol. The summed E-state index contributed by atoms with van der Waals surface area (Å²) in [6, 6.07) is 0. The Morgan fingerprint density at radius 3 is 2.47 bits per heavy atom. The lowest BCUT2D eigenvalue weighted by molar-refractivity contribution is 0.0819. The summed E-state index contributed by atoms with van der Waals surface area (Å²) in [7, 11) is 6.75. The van der Waals surface area contributed by atoms with Gasteiger partial charge in [-0.1, -0.05) is 0 Å². The second-order valence-corrected chi connectivity index (χ2v) is 4.92. The first-order valence-electron chi connectivity index (χ1n) is 6.15. The minimum absolute atomic E-state index is 0.231. The molecule has 19 heavy (non-hydrogen) atoms. The lowest BCUT2D eigenvalue weighted by atomic mass is 10.0. The van der Waals surface area contributed by atoms with Crippen molar-refractivity contribution < 1.29 is 13.9 Å². The van der Waals surface area contributed by atoms with Gasteiger partial charge in [-0.05, 0) is 12.8 Å². The van der Waals surface area contributed by atoms with Crippen LogP contribution in [0.25, 0.3) is 0 Å². The van der Waals surface area contributed by atoms with Gasteiger partial charge >= 0.3 is 5.63 Å². The fourth-order valence-corrected chi connectivity index (χ4v) is 2.07. The number of carbonyl (C=O) groups excluding carboxylic acids is 1. The van der Waals surface area contributed by atoms with Crippen LogP contribution in [0.5, 0.6) is 5.75 Å². The molecule has 0 unspecified atom stereocenters. The molecule has 0 saturated heterocycles. The van der Waals surface area contributed by atoms with Gasteiger partial charge in [0, 0.05) is 28.2 Å². The van der Waals surface area contributed by atoms with E-state index in [0.29, 0.717) is 29.9 Å². The Morgan fingerprint density at radius 2 is 1.89 bits per heavy atom. The summed E-state index contributed by atoms with van der Waals surface area (Å²) in [5.74, 6) is 0.389. The molecule has 1 aliphatic rings. The molecule has 0 radical (unpaired) electrons. The van der Waals surface area contributed by atoms with Gasteiger partial charge < -0.3 is 19.0 Å². The summed E-state index contributed by atoms with van der Waals surface area (Å²) in [6.45, 7) is 0.511. The summed E-state index contributed by atoms with van der Waals surface area (Å²) in [6.07, 6.45) is 1.34. The highest BCUT2D eigenvalue weighted by Gasteiger charge is 2.29. The molecular weight excluding hydrogens is 248 g/mol. The van der Waals surface area contributed by atoms with E-state index in [9.17, 15) is 9.59 Å².